The fourth-order valence-electron chi connectivity index (χ4n) is 2.17. The van der Waals surface area contributed by atoms with Gasteiger partial charge in [-0.2, -0.15) is 0 Å². The number of aromatic nitrogens is 1. The van der Waals surface area contributed by atoms with Crippen molar-refractivity contribution in [1.29, 1.82) is 0 Å². The molecule has 0 radical (unpaired) electrons. The molecule has 2 aromatic carbocycles. The third kappa shape index (κ3) is 3.49. The Morgan fingerprint density at radius 2 is 1.74 bits per heavy atom. The van der Waals surface area contributed by atoms with Gasteiger partial charge in [0, 0.05) is 16.9 Å². The van der Waals surface area contributed by atoms with Crippen LogP contribution in [0.1, 0.15) is 16.1 Å². The summed E-state index contributed by atoms with van der Waals surface area (Å²) in [6, 6.07) is 17.8. The zero-order valence-electron chi connectivity index (χ0n) is 12.1. The van der Waals surface area contributed by atoms with Gasteiger partial charge in [0.05, 0.1) is 23.2 Å². The molecule has 0 amide bonds. The van der Waals surface area contributed by atoms with Gasteiger partial charge in [-0.15, -0.1) is 0 Å². The molecule has 0 aliphatic carbocycles. The Morgan fingerprint density at radius 3 is 2.39 bits per heavy atom. The molecule has 0 atom stereocenters. The minimum atomic E-state index is -0.936. The Bertz CT molecular complexity index is 849. The standard InChI is InChI=1S/C18H13ClN2O2/c19-14-5-7-15(8-6-14)20-12-17-2-1-11-21(17)16-9-3-13(4-10-16)18(22)23/h1-12H,(H,22,23). The highest BCUT2D eigenvalue weighted by Crippen LogP contribution is 2.17. The third-order valence-electron chi connectivity index (χ3n) is 3.35. The Labute approximate surface area is 138 Å². The van der Waals surface area contributed by atoms with E-state index in [-0.39, 0.29) is 5.56 Å². The molecule has 1 N–H and O–H groups in total. The molecule has 0 saturated heterocycles. The number of hydrogen-bond acceptors (Lipinski definition) is 2. The fraction of sp³-hybridized carbons (Fsp3) is 0. The number of carboxylic acid groups (broad SMARTS) is 1. The first-order valence-electron chi connectivity index (χ1n) is 6.94. The van der Waals surface area contributed by atoms with Crippen molar-refractivity contribution >= 4 is 29.5 Å². The van der Waals surface area contributed by atoms with Gasteiger partial charge in [-0.1, -0.05) is 11.6 Å². The quantitative estimate of drug-likeness (QED) is 0.714. The summed E-state index contributed by atoms with van der Waals surface area (Å²) in [5, 5.41) is 9.63. The maximum atomic E-state index is 10.9. The molecule has 0 fully saturated rings. The van der Waals surface area contributed by atoms with Gasteiger partial charge >= 0.3 is 5.97 Å². The second-order valence-corrected chi connectivity index (χ2v) is 5.33. The largest absolute Gasteiger partial charge is 0.478 e. The summed E-state index contributed by atoms with van der Waals surface area (Å²) >= 11 is 5.85. The van der Waals surface area contributed by atoms with E-state index < -0.39 is 5.97 Å². The van der Waals surface area contributed by atoms with Gasteiger partial charge in [0.2, 0.25) is 0 Å². The summed E-state index contributed by atoms with van der Waals surface area (Å²) < 4.78 is 1.94. The number of nitrogens with zero attached hydrogens (tertiary/aromatic N) is 2. The number of carboxylic acids is 1. The van der Waals surface area contributed by atoms with Gasteiger partial charge in [0.15, 0.2) is 0 Å². The van der Waals surface area contributed by atoms with E-state index >= 15 is 0 Å². The number of carbonyl (C=O) groups is 1. The SMILES string of the molecule is O=C(O)c1ccc(-n2cccc2C=Nc2ccc(Cl)cc2)cc1. The van der Waals surface area contributed by atoms with Gasteiger partial charge in [-0.05, 0) is 60.7 Å². The molecular formula is C18H13ClN2O2. The molecule has 1 heterocycles. The molecule has 3 aromatic rings. The Morgan fingerprint density at radius 1 is 1.04 bits per heavy atom. The molecule has 23 heavy (non-hydrogen) atoms. The zero-order valence-corrected chi connectivity index (χ0v) is 12.8. The fourth-order valence-corrected chi connectivity index (χ4v) is 2.29. The Hall–Kier alpha value is -2.85. The van der Waals surface area contributed by atoms with Crippen LogP contribution in [0.15, 0.2) is 71.9 Å². The van der Waals surface area contributed by atoms with Gasteiger partial charge in [-0.25, -0.2) is 4.79 Å². The second kappa shape index (κ2) is 6.50. The van der Waals surface area contributed by atoms with Crippen LogP contribution in [0.25, 0.3) is 5.69 Å². The molecule has 3 rings (SSSR count). The second-order valence-electron chi connectivity index (χ2n) is 4.89. The van der Waals surface area contributed by atoms with Crippen LogP contribution in [-0.4, -0.2) is 21.9 Å². The molecule has 114 valence electrons. The van der Waals surface area contributed by atoms with E-state index in [1.54, 1.807) is 42.6 Å². The molecule has 5 heteroatoms. The summed E-state index contributed by atoms with van der Waals surface area (Å²) in [5.41, 5.74) is 2.83. The van der Waals surface area contributed by atoms with Crippen LogP contribution in [0.3, 0.4) is 0 Å². The average Bonchev–Trinajstić information content (AvgIpc) is 3.03. The third-order valence-corrected chi connectivity index (χ3v) is 3.60. The molecule has 0 aliphatic heterocycles. The number of benzene rings is 2. The number of rotatable bonds is 4. The summed E-state index contributed by atoms with van der Waals surface area (Å²) in [5.74, 6) is -0.936. The summed E-state index contributed by atoms with van der Waals surface area (Å²) in [4.78, 5) is 15.3. The minimum absolute atomic E-state index is 0.261. The lowest BCUT2D eigenvalue weighted by molar-refractivity contribution is 0.0697. The van der Waals surface area contributed by atoms with E-state index in [0.29, 0.717) is 5.02 Å². The van der Waals surface area contributed by atoms with Crippen LogP contribution < -0.4 is 0 Å². The highest BCUT2D eigenvalue weighted by atomic mass is 35.5. The van der Waals surface area contributed by atoms with E-state index in [0.717, 1.165) is 17.1 Å². The average molecular weight is 325 g/mol. The van der Waals surface area contributed by atoms with Crippen molar-refractivity contribution in [2.24, 2.45) is 4.99 Å². The number of halogens is 1. The summed E-state index contributed by atoms with van der Waals surface area (Å²) in [6.45, 7) is 0. The van der Waals surface area contributed by atoms with Crippen LogP contribution in [0, 0.1) is 0 Å². The van der Waals surface area contributed by atoms with Crippen molar-refractivity contribution in [3.63, 3.8) is 0 Å². The molecule has 0 unspecified atom stereocenters. The van der Waals surface area contributed by atoms with Crippen LogP contribution >= 0.6 is 11.6 Å². The number of aliphatic imine (C=N–C) groups is 1. The van der Waals surface area contributed by atoms with Gasteiger partial charge < -0.3 is 9.67 Å². The van der Waals surface area contributed by atoms with E-state index in [9.17, 15) is 4.79 Å². The first-order chi connectivity index (χ1) is 11.1. The number of hydrogen-bond donors (Lipinski definition) is 1. The molecular weight excluding hydrogens is 312 g/mol. The maximum absolute atomic E-state index is 10.9. The lowest BCUT2D eigenvalue weighted by Crippen LogP contribution is -2.00. The lowest BCUT2D eigenvalue weighted by atomic mass is 10.2. The normalized spacial score (nSPS) is 11.0. The molecule has 4 nitrogen and oxygen atoms in total. The van der Waals surface area contributed by atoms with Gasteiger partial charge in [0.1, 0.15) is 0 Å². The van der Waals surface area contributed by atoms with Crippen molar-refractivity contribution in [3.8, 4) is 5.69 Å². The Balaban J connectivity index is 1.87. The van der Waals surface area contributed by atoms with Crippen LogP contribution in [0.5, 0.6) is 0 Å². The topological polar surface area (TPSA) is 54.6 Å². The minimum Gasteiger partial charge on any atom is -0.478 e. The number of aromatic carboxylic acids is 1. The molecule has 0 spiro atoms. The van der Waals surface area contributed by atoms with Crippen molar-refractivity contribution in [1.82, 2.24) is 4.57 Å². The zero-order chi connectivity index (χ0) is 16.2. The first kappa shape index (κ1) is 15.1. The summed E-state index contributed by atoms with van der Waals surface area (Å²) in [6.07, 6.45) is 3.66. The van der Waals surface area contributed by atoms with E-state index in [4.69, 9.17) is 16.7 Å². The van der Waals surface area contributed by atoms with Crippen molar-refractivity contribution < 1.29 is 9.90 Å². The smallest absolute Gasteiger partial charge is 0.335 e. The first-order valence-corrected chi connectivity index (χ1v) is 7.32. The van der Waals surface area contributed by atoms with Crippen LogP contribution in [-0.2, 0) is 0 Å². The predicted molar refractivity (Wildman–Crippen MR) is 91.4 cm³/mol. The van der Waals surface area contributed by atoms with Crippen molar-refractivity contribution in [2.45, 2.75) is 0 Å². The van der Waals surface area contributed by atoms with E-state index in [1.165, 1.54) is 0 Å². The molecule has 0 saturated carbocycles. The highest BCUT2D eigenvalue weighted by molar-refractivity contribution is 6.30. The Kier molecular flexibility index (Phi) is 4.26. The van der Waals surface area contributed by atoms with E-state index in [2.05, 4.69) is 4.99 Å². The lowest BCUT2D eigenvalue weighted by Gasteiger charge is -2.06. The van der Waals surface area contributed by atoms with Gasteiger partial charge in [-0.3, -0.25) is 4.99 Å². The predicted octanol–water partition coefficient (Wildman–Crippen LogP) is 4.58. The maximum Gasteiger partial charge on any atom is 0.335 e. The van der Waals surface area contributed by atoms with Gasteiger partial charge in [0.25, 0.3) is 0 Å². The molecule has 0 bridgehead atoms. The molecule has 0 aliphatic rings. The molecule has 1 aromatic heterocycles. The highest BCUT2D eigenvalue weighted by Gasteiger charge is 2.04. The van der Waals surface area contributed by atoms with Crippen molar-refractivity contribution in [2.75, 3.05) is 0 Å². The van der Waals surface area contributed by atoms with Crippen molar-refractivity contribution in [3.05, 3.63) is 83.1 Å². The van der Waals surface area contributed by atoms with Crippen LogP contribution in [0.2, 0.25) is 5.02 Å². The summed E-state index contributed by atoms with van der Waals surface area (Å²) in [7, 11) is 0. The monoisotopic (exact) mass is 324 g/mol. The van der Waals surface area contributed by atoms with E-state index in [1.807, 2.05) is 35.0 Å². The van der Waals surface area contributed by atoms with Crippen LogP contribution in [0.4, 0.5) is 5.69 Å².